The number of ether oxygens (including phenoxy) is 1. The summed E-state index contributed by atoms with van der Waals surface area (Å²) in [6.07, 6.45) is 6.05. The van der Waals surface area contributed by atoms with Gasteiger partial charge in [0.25, 0.3) is 0 Å². The third-order valence-electron chi connectivity index (χ3n) is 5.34. The van der Waals surface area contributed by atoms with Crippen LogP contribution in [-0.2, 0) is 9.53 Å². The average Bonchev–Trinajstić information content (AvgIpc) is 2.77. The standard InChI is InChI=1S/C17H31NO2/c1-6-16-8-7-11(2)18(16)17(19)14(5)15-9-12(3)20-13(4)10-15/h11-16H,6-10H2,1-5H3/t11-,12?,13?,14?,15?,16?/m1/s1. The lowest BCUT2D eigenvalue weighted by molar-refractivity contribution is -0.142. The number of carbonyl (C=O) groups is 1. The third kappa shape index (κ3) is 3.19. The molecule has 0 aromatic rings. The minimum absolute atomic E-state index is 0.137. The number of hydrogen-bond donors (Lipinski definition) is 0. The zero-order valence-corrected chi connectivity index (χ0v) is 13.8. The fourth-order valence-electron chi connectivity index (χ4n) is 4.17. The molecule has 3 nitrogen and oxygen atoms in total. The van der Waals surface area contributed by atoms with Crippen LogP contribution in [0.3, 0.4) is 0 Å². The van der Waals surface area contributed by atoms with E-state index in [9.17, 15) is 4.79 Å². The van der Waals surface area contributed by atoms with Crippen molar-refractivity contribution in [2.24, 2.45) is 11.8 Å². The Kier molecular flexibility index (Phi) is 5.11. The molecule has 4 unspecified atom stereocenters. The smallest absolute Gasteiger partial charge is 0.226 e. The highest BCUT2D eigenvalue weighted by molar-refractivity contribution is 5.79. The van der Waals surface area contributed by atoms with Crippen LogP contribution in [0.15, 0.2) is 0 Å². The summed E-state index contributed by atoms with van der Waals surface area (Å²) in [6, 6.07) is 0.888. The lowest BCUT2D eigenvalue weighted by Gasteiger charge is -2.38. The van der Waals surface area contributed by atoms with Gasteiger partial charge in [-0.2, -0.15) is 0 Å². The van der Waals surface area contributed by atoms with Gasteiger partial charge in [0, 0.05) is 18.0 Å². The van der Waals surface area contributed by atoms with Gasteiger partial charge in [-0.3, -0.25) is 4.79 Å². The van der Waals surface area contributed by atoms with Crippen molar-refractivity contribution in [1.82, 2.24) is 4.90 Å². The maximum Gasteiger partial charge on any atom is 0.226 e. The Morgan fingerprint density at radius 1 is 1.20 bits per heavy atom. The first-order valence-electron chi connectivity index (χ1n) is 8.41. The second kappa shape index (κ2) is 6.46. The zero-order valence-electron chi connectivity index (χ0n) is 13.8. The van der Waals surface area contributed by atoms with Crippen LogP contribution < -0.4 is 0 Å². The van der Waals surface area contributed by atoms with E-state index in [1.807, 2.05) is 0 Å². The van der Waals surface area contributed by atoms with E-state index < -0.39 is 0 Å². The fraction of sp³-hybridized carbons (Fsp3) is 0.941. The van der Waals surface area contributed by atoms with Crippen molar-refractivity contribution in [3.63, 3.8) is 0 Å². The Bertz CT molecular complexity index is 334. The second-order valence-corrected chi connectivity index (χ2v) is 7.01. The molecule has 0 N–H and O–H groups in total. The van der Waals surface area contributed by atoms with Gasteiger partial charge in [-0.15, -0.1) is 0 Å². The Morgan fingerprint density at radius 3 is 2.35 bits per heavy atom. The van der Waals surface area contributed by atoms with Crippen molar-refractivity contribution in [1.29, 1.82) is 0 Å². The van der Waals surface area contributed by atoms with Gasteiger partial charge >= 0.3 is 0 Å². The molecule has 0 bridgehead atoms. The molecule has 116 valence electrons. The Balaban J connectivity index is 2.04. The fourth-order valence-corrected chi connectivity index (χ4v) is 4.17. The maximum atomic E-state index is 12.9. The first-order chi connectivity index (χ1) is 9.43. The molecule has 0 saturated carbocycles. The average molecular weight is 281 g/mol. The summed E-state index contributed by atoms with van der Waals surface area (Å²) in [5.74, 6) is 0.998. The van der Waals surface area contributed by atoms with Crippen LogP contribution >= 0.6 is 0 Å². The predicted molar refractivity (Wildman–Crippen MR) is 81.5 cm³/mol. The summed E-state index contributed by atoms with van der Waals surface area (Å²) in [5, 5.41) is 0. The van der Waals surface area contributed by atoms with Crippen LogP contribution in [0, 0.1) is 11.8 Å². The highest BCUT2D eigenvalue weighted by atomic mass is 16.5. The van der Waals surface area contributed by atoms with Crippen molar-refractivity contribution in [2.75, 3.05) is 0 Å². The molecular formula is C17H31NO2. The van der Waals surface area contributed by atoms with E-state index in [1.165, 1.54) is 6.42 Å². The predicted octanol–water partition coefficient (Wildman–Crippen LogP) is 3.62. The Morgan fingerprint density at radius 2 is 1.80 bits per heavy atom. The van der Waals surface area contributed by atoms with Crippen LogP contribution in [0.5, 0.6) is 0 Å². The van der Waals surface area contributed by atoms with E-state index in [-0.39, 0.29) is 18.1 Å². The number of nitrogens with zero attached hydrogens (tertiary/aromatic N) is 1. The highest BCUT2D eigenvalue weighted by Gasteiger charge is 2.39. The van der Waals surface area contributed by atoms with Crippen molar-refractivity contribution in [3.8, 4) is 0 Å². The van der Waals surface area contributed by atoms with Gasteiger partial charge < -0.3 is 9.64 Å². The van der Waals surface area contributed by atoms with Crippen molar-refractivity contribution < 1.29 is 9.53 Å². The van der Waals surface area contributed by atoms with E-state index in [0.717, 1.165) is 25.7 Å². The minimum atomic E-state index is 0.137. The summed E-state index contributed by atoms with van der Waals surface area (Å²) in [5.41, 5.74) is 0. The molecule has 2 aliphatic heterocycles. The van der Waals surface area contributed by atoms with E-state index in [4.69, 9.17) is 4.74 Å². The normalized spacial score (nSPS) is 39.9. The maximum absolute atomic E-state index is 12.9. The first-order valence-corrected chi connectivity index (χ1v) is 8.41. The molecule has 20 heavy (non-hydrogen) atoms. The van der Waals surface area contributed by atoms with Crippen molar-refractivity contribution in [3.05, 3.63) is 0 Å². The van der Waals surface area contributed by atoms with Gasteiger partial charge in [0.15, 0.2) is 0 Å². The Hall–Kier alpha value is -0.570. The molecule has 0 spiro atoms. The molecule has 0 aromatic carbocycles. The third-order valence-corrected chi connectivity index (χ3v) is 5.34. The van der Waals surface area contributed by atoms with Gasteiger partial charge in [-0.25, -0.2) is 0 Å². The van der Waals surface area contributed by atoms with Crippen LogP contribution in [0.25, 0.3) is 0 Å². The molecule has 1 amide bonds. The lowest BCUT2D eigenvalue weighted by atomic mass is 9.82. The molecule has 0 aromatic heterocycles. The summed E-state index contributed by atoms with van der Waals surface area (Å²) in [6.45, 7) is 10.8. The molecule has 2 heterocycles. The van der Waals surface area contributed by atoms with Crippen LogP contribution in [0.4, 0.5) is 0 Å². The largest absolute Gasteiger partial charge is 0.376 e. The quantitative estimate of drug-likeness (QED) is 0.791. The minimum Gasteiger partial charge on any atom is -0.376 e. The first kappa shape index (κ1) is 15.8. The summed E-state index contributed by atoms with van der Waals surface area (Å²) in [4.78, 5) is 15.1. The number of hydrogen-bond acceptors (Lipinski definition) is 2. The number of likely N-dealkylation sites (tertiary alicyclic amines) is 1. The topological polar surface area (TPSA) is 29.5 Å². The molecular weight excluding hydrogens is 250 g/mol. The second-order valence-electron chi connectivity index (χ2n) is 7.01. The summed E-state index contributed by atoms with van der Waals surface area (Å²) in [7, 11) is 0. The summed E-state index contributed by atoms with van der Waals surface area (Å²) >= 11 is 0. The van der Waals surface area contributed by atoms with Gasteiger partial charge in [0.05, 0.1) is 12.2 Å². The zero-order chi connectivity index (χ0) is 14.9. The van der Waals surface area contributed by atoms with Crippen LogP contribution in [-0.4, -0.2) is 35.1 Å². The monoisotopic (exact) mass is 281 g/mol. The molecule has 3 heteroatoms. The van der Waals surface area contributed by atoms with Gasteiger partial charge in [0.2, 0.25) is 5.91 Å². The number of amides is 1. The molecule has 2 aliphatic rings. The van der Waals surface area contributed by atoms with E-state index in [2.05, 4.69) is 39.5 Å². The SMILES string of the molecule is CCC1CC[C@@H](C)N1C(=O)C(C)C1CC(C)OC(C)C1. The summed E-state index contributed by atoms with van der Waals surface area (Å²) < 4.78 is 5.81. The molecule has 0 radical (unpaired) electrons. The van der Waals surface area contributed by atoms with Crippen LogP contribution in [0.1, 0.15) is 66.7 Å². The van der Waals surface area contributed by atoms with E-state index in [0.29, 0.717) is 23.9 Å². The molecule has 5 atom stereocenters. The van der Waals surface area contributed by atoms with Gasteiger partial charge in [-0.1, -0.05) is 13.8 Å². The molecule has 2 fully saturated rings. The molecule has 0 aliphatic carbocycles. The lowest BCUT2D eigenvalue weighted by Crippen LogP contribution is -2.46. The van der Waals surface area contributed by atoms with Gasteiger partial charge in [-0.05, 0) is 58.8 Å². The Labute approximate surface area is 124 Å². The number of carbonyl (C=O) groups excluding carboxylic acids is 1. The van der Waals surface area contributed by atoms with Crippen molar-refractivity contribution in [2.45, 2.75) is 91.0 Å². The molecule has 2 saturated heterocycles. The van der Waals surface area contributed by atoms with Gasteiger partial charge in [0.1, 0.15) is 0 Å². The van der Waals surface area contributed by atoms with E-state index in [1.54, 1.807) is 0 Å². The molecule has 2 rings (SSSR count). The number of rotatable bonds is 3. The van der Waals surface area contributed by atoms with Crippen molar-refractivity contribution >= 4 is 5.91 Å². The van der Waals surface area contributed by atoms with Crippen LogP contribution in [0.2, 0.25) is 0 Å². The van der Waals surface area contributed by atoms with E-state index >= 15 is 0 Å². The highest BCUT2D eigenvalue weighted by Crippen LogP contribution is 2.34.